The van der Waals surface area contributed by atoms with Gasteiger partial charge in [-0.25, -0.2) is 14.0 Å². The number of carbonyl (C=O) groups excluding carboxylic acids is 1. The van der Waals surface area contributed by atoms with Crippen molar-refractivity contribution in [3.63, 3.8) is 0 Å². The van der Waals surface area contributed by atoms with Gasteiger partial charge < -0.3 is 14.6 Å². The zero-order valence-electron chi connectivity index (χ0n) is 16.3. The Hall–Kier alpha value is -3.09. The van der Waals surface area contributed by atoms with Gasteiger partial charge in [0.1, 0.15) is 17.2 Å². The second-order valence-corrected chi connectivity index (χ2v) is 7.25. The number of carboxylic acids is 1. The number of hydrogen-bond donors (Lipinski definition) is 1. The van der Waals surface area contributed by atoms with Crippen LogP contribution in [-0.2, 0) is 16.1 Å². The molecule has 7 heteroatoms. The van der Waals surface area contributed by atoms with E-state index in [0.717, 1.165) is 17.0 Å². The highest BCUT2D eigenvalue weighted by atomic mass is 19.1. The third kappa shape index (κ3) is 5.70. The number of ether oxygens (including phenoxy) is 2. The molecule has 0 heterocycles. The minimum absolute atomic E-state index is 0.00670. The number of aliphatic carboxylic acids is 1. The van der Waals surface area contributed by atoms with E-state index in [-0.39, 0.29) is 12.1 Å². The van der Waals surface area contributed by atoms with Crippen LogP contribution in [0.15, 0.2) is 48.5 Å². The molecule has 150 valence electrons. The molecule has 0 saturated heterocycles. The van der Waals surface area contributed by atoms with Gasteiger partial charge in [-0.15, -0.1) is 0 Å². The first-order valence-corrected chi connectivity index (χ1v) is 8.71. The minimum atomic E-state index is -1.34. The summed E-state index contributed by atoms with van der Waals surface area (Å²) in [5.41, 5.74) is 0.162. The number of halogens is 1. The Labute approximate surface area is 163 Å². The van der Waals surface area contributed by atoms with Gasteiger partial charge in [-0.3, -0.25) is 4.90 Å². The number of hydrogen-bond acceptors (Lipinski definition) is 4. The number of rotatable bonds is 6. The van der Waals surface area contributed by atoms with Crippen molar-refractivity contribution >= 4 is 12.1 Å². The monoisotopic (exact) mass is 389 g/mol. The summed E-state index contributed by atoms with van der Waals surface area (Å²) in [5, 5.41) is 9.81. The van der Waals surface area contributed by atoms with Crippen molar-refractivity contribution in [2.75, 3.05) is 7.11 Å². The molecule has 0 fully saturated rings. The van der Waals surface area contributed by atoms with E-state index in [1.165, 1.54) is 19.2 Å². The van der Waals surface area contributed by atoms with E-state index in [1.807, 2.05) is 0 Å². The van der Waals surface area contributed by atoms with Crippen molar-refractivity contribution in [3.8, 4) is 5.75 Å². The molecule has 0 bridgehead atoms. The molecule has 2 aromatic carbocycles. The van der Waals surface area contributed by atoms with Crippen LogP contribution in [0.2, 0.25) is 0 Å². The molecular formula is C21H24FNO5. The summed E-state index contributed by atoms with van der Waals surface area (Å²) in [6, 6.07) is 10.6. The summed E-state index contributed by atoms with van der Waals surface area (Å²) in [6.45, 7) is 5.09. The third-order valence-electron chi connectivity index (χ3n) is 3.87. The molecule has 28 heavy (non-hydrogen) atoms. The highest BCUT2D eigenvalue weighted by molar-refractivity contribution is 5.81. The fraction of sp³-hybridized carbons (Fsp3) is 0.333. The zero-order valence-corrected chi connectivity index (χ0v) is 16.3. The summed E-state index contributed by atoms with van der Waals surface area (Å²) in [4.78, 5) is 26.0. The first kappa shape index (κ1) is 21.2. The number of carboxylic acid groups (broad SMARTS) is 1. The molecule has 0 unspecified atom stereocenters. The maximum absolute atomic E-state index is 13.3. The van der Waals surface area contributed by atoms with Crippen LogP contribution in [0.1, 0.15) is 37.9 Å². The van der Waals surface area contributed by atoms with Gasteiger partial charge in [-0.1, -0.05) is 24.3 Å². The van der Waals surface area contributed by atoms with E-state index < -0.39 is 29.5 Å². The molecule has 1 atom stereocenters. The molecule has 0 spiro atoms. The molecule has 2 aromatic rings. The van der Waals surface area contributed by atoms with Crippen LogP contribution >= 0.6 is 0 Å². The Morgan fingerprint density at radius 1 is 1.07 bits per heavy atom. The number of amides is 1. The van der Waals surface area contributed by atoms with Crippen LogP contribution in [0, 0.1) is 5.82 Å². The zero-order chi connectivity index (χ0) is 20.9. The number of nitrogens with zero attached hydrogens (tertiary/aromatic N) is 1. The van der Waals surface area contributed by atoms with E-state index in [4.69, 9.17) is 9.47 Å². The van der Waals surface area contributed by atoms with Gasteiger partial charge >= 0.3 is 12.1 Å². The van der Waals surface area contributed by atoms with Crippen LogP contribution in [-0.4, -0.2) is 34.8 Å². The maximum Gasteiger partial charge on any atom is 0.411 e. The van der Waals surface area contributed by atoms with Crippen LogP contribution < -0.4 is 4.74 Å². The smallest absolute Gasteiger partial charge is 0.411 e. The lowest BCUT2D eigenvalue weighted by Gasteiger charge is -2.31. The van der Waals surface area contributed by atoms with Crippen molar-refractivity contribution in [3.05, 3.63) is 65.5 Å². The van der Waals surface area contributed by atoms with Crippen LogP contribution in [0.25, 0.3) is 0 Å². The van der Waals surface area contributed by atoms with Gasteiger partial charge in [-0.2, -0.15) is 0 Å². The lowest BCUT2D eigenvalue weighted by atomic mass is 10.0. The van der Waals surface area contributed by atoms with Gasteiger partial charge in [0, 0.05) is 0 Å². The van der Waals surface area contributed by atoms with Gasteiger partial charge in [0.15, 0.2) is 6.04 Å². The Kier molecular flexibility index (Phi) is 6.62. The largest absolute Gasteiger partial charge is 0.497 e. The Morgan fingerprint density at radius 2 is 1.64 bits per heavy atom. The lowest BCUT2D eigenvalue weighted by Crippen LogP contribution is -2.41. The number of carbonyl (C=O) groups is 2. The van der Waals surface area contributed by atoms with Crippen molar-refractivity contribution in [2.45, 2.75) is 39.0 Å². The molecular weight excluding hydrogens is 365 g/mol. The fourth-order valence-corrected chi connectivity index (χ4v) is 2.61. The van der Waals surface area contributed by atoms with Crippen LogP contribution in [0.4, 0.5) is 9.18 Å². The molecule has 1 N–H and O–H groups in total. The predicted octanol–water partition coefficient (Wildman–Crippen LogP) is 4.40. The Morgan fingerprint density at radius 3 is 2.11 bits per heavy atom. The van der Waals surface area contributed by atoms with Crippen LogP contribution in [0.3, 0.4) is 0 Å². The molecule has 1 amide bonds. The molecule has 0 aliphatic carbocycles. The summed E-state index contributed by atoms with van der Waals surface area (Å²) >= 11 is 0. The fourth-order valence-electron chi connectivity index (χ4n) is 2.61. The topological polar surface area (TPSA) is 76.1 Å². The molecule has 6 nitrogen and oxygen atoms in total. The highest BCUT2D eigenvalue weighted by Crippen LogP contribution is 2.27. The Bertz CT molecular complexity index is 812. The average molecular weight is 389 g/mol. The molecule has 0 aliphatic rings. The molecule has 0 saturated carbocycles. The number of benzene rings is 2. The lowest BCUT2D eigenvalue weighted by molar-refractivity contribution is -0.143. The SMILES string of the molecule is COc1ccc(CN(C(=O)OC(C)(C)C)[C@@H](C(=O)O)c2ccc(F)cc2)cc1. The van der Waals surface area contributed by atoms with E-state index >= 15 is 0 Å². The molecule has 0 radical (unpaired) electrons. The van der Waals surface area contributed by atoms with Gasteiger partial charge in [0.05, 0.1) is 13.7 Å². The van der Waals surface area contributed by atoms with Gasteiger partial charge in [0.2, 0.25) is 0 Å². The predicted molar refractivity (Wildman–Crippen MR) is 102 cm³/mol. The van der Waals surface area contributed by atoms with Crippen molar-refractivity contribution in [1.29, 1.82) is 0 Å². The van der Waals surface area contributed by atoms with Crippen molar-refractivity contribution < 1.29 is 28.6 Å². The standard InChI is InChI=1S/C21H24FNO5/c1-21(2,3)28-20(26)23(13-14-5-11-17(27-4)12-6-14)18(19(24)25)15-7-9-16(22)10-8-15/h5-12,18H,13H2,1-4H3,(H,24,25)/t18-/m1/s1. The maximum atomic E-state index is 13.3. The minimum Gasteiger partial charge on any atom is -0.497 e. The summed E-state index contributed by atoms with van der Waals surface area (Å²) in [5.74, 6) is -1.10. The Balaban J connectivity index is 2.42. The first-order valence-electron chi connectivity index (χ1n) is 8.71. The molecule has 2 rings (SSSR count). The second kappa shape index (κ2) is 8.73. The summed E-state index contributed by atoms with van der Waals surface area (Å²) in [6.07, 6.45) is -0.778. The van der Waals surface area contributed by atoms with E-state index in [0.29, 0.717) is 11.3 Å². The first-order chi connectivity index (χ1) is 13.1. The third-order valence-corrected chi connectivity index (χ3v) is 3.87. The van der Waals surface area contributed by atoms with Gasteiger partial charge in [-0.05, 0) is 56.2 Å². The summed E-state index contributed by atoms with van der Waals surface area (Å²) < 4.78 is 23.8. The van der Waals surface area contributed by atoms with Gasteiger partial charge in [0.25, 0.3) is 0 Å². The van der Waals surface area contributed by atoms with E-state index in [1.54, 1.807) is 45.0 Å². The normalized spacial score (nSPS) is 12.2. The van der Waals surface area contributed by atoms with E-state index in [2.05, 4.69) is 0 Å². The van der Waals surface area contributed by atoms with Crippen LogP contribution in [0.5, 0.6) is 5.75 Å². The van der Waals surface area contributed by atoms with Crippen molar-refractivity contribution in [2.24, 2.45) is 0 Å². The van der Waals surface area contributed by atoms with E-state index in [9.17, 15) is 19.1 Å². The average Bonchev–Trinajstić information content (AvgIpc) is 2.61. The van der Waals surface area contributed by atoms with Crippen molar-refractivity contribution in [1.82, 2.24) is 4.90 Å². The highest BCUT2D eigenvalue weighted by Gasteiger charge is 2.34. The number of methoxy groups -OCH3 is 1. The quantitative estimate of drug-likeness (QED) is 0.793. The summed E-state index contributed by atoms with van der Waals surface area (Å²) in [7, 11) is 1.54. The molecule has 0 aliphatic heterocycles. The second-order valence-electron chi connectivity index (χ2n) is 7.25. The molecule has 0 aromatic heterocycles.